The van der Waals surface area contributed by atoms with Crippen LogP contribution in [0, 0.1) is 11.6 Å². The summed E-state index contributed by atoms with van der Waals surface area (Å²) in [5, 5.41) is -0.0321. The molecule has 0 bridgehead atoms. The number of ether oxygens (including phenoxy) is 2. The van der Waals surface area contributed by atoms with Crippen LogP contribution < -0.4 is 9.47 Å². The summed E-state index contributed by atoms with van der Waals surface area (Å²) in [5.74, 6) is -0.588. The minimum atomic E-state index is -0.471. The highest BCUT2D eigenvalue weighted by Crippen LogP contribution is 2.37. The summed E-state index contributed by atoms with van der Waals surface area (Å²) in [4.78, 5) is 26.3. The van der Waals surface area contributed by atoms with Crippen molar-refractivity contribution in [2.45, 2.75) is 6.61 Å². The van der Waals surface area contributed by atoms with Gasteiger partial charge in [-0.3, -0.25) is 14.5 Å². The number of thioether (sulfide) groups is 1. The second-order valence-electron chi connectivity index (χ2n) is 7.37. The molecule has 10 heteroatoms. The number of hydrogen-bond acceptors (Lipinski definition) is 5. The number of amides is 2. The fraction of sp³-hybridized carbons (Fsp3) is 0.120. The lowest BCUT2D eigenvalue weighted by Gasteiger charge is -2.13. The standard InChI is InChI=1S/C25H17Cl2F2NO4S/c26-20-11-16(12-21(27)23(20)34-14-15-2-1-3-18(29)10-15)13-22-24(31)30(25(32)35-22)8-9-33-19-6-4-17(28)5-7-19/h1-7,10-13H,8-9,14H2/b22-13-. The van der Waals surface area contributed by atoms with Crippen molar-refractivity contribution in [2.24, 2.45) is 0 Å². The Labute approximate surface area is 214 Å². The molecule has 0 atom stereocenters. The van der Waals surface area contributed by atoms with E-state index in [2.05, 4.69) is 0 Å². The van der Waals surface area contributed by atoms with Crippen LogP contribution in [0.4, 0.5) is 13.6 Å². The van der Waals surface area contributed by atoms with E-state index < -0.39 is 11.1 Å². The highest BCUT2D eigenvalue weighted by molar-refractivity contribution is 8.18. The molecule has 0 spiro atoms. The Morgan fingerprint density at radius 1 is 0.914 bits per heavy atom. The van der Waals surface area contributed by atoms with Gasteiger partial charge >= 0.3 is 0 Å². The van der Waals surface area contributed by atoms with Crippen LogP contribution in [0.5, 0.6) is 11.5 Å². The van der Waals surface area contributed by atoms with Gasteiger partial charge in [0.15, 0.2) is 5.75 Å². The zero-order chi connectivity index (χ0) is 24.9. The van der Waals surface area contributed by atoms with Gasteiger partial charge in [-0.2, -0.15) is 0 Å². The van der Waals surface area contributed by atoms with Gasteiger partial charge in [-0.1, -0.05) is 35.3 Å². The SMILES string of the molecule is O=C1S/C(=C\c2cc(Cl)c(OCc3cccc(F)c3)c(Cl)c2)C(=O)N1CCOc1ccc(F)cc1. The molecule has 5 nitrogen and oxygen atoms in total. The largest absolute Gasteiger partial charge is 0.492 e. The molecule has 3 aromatic rings. The summed E-state index contributed by atoms with van der Waals surface area (Å²) >= 11 is 13.4. The van der Waals surface area contributed by atoms with E-state index in [9.17, 15) is 18.4 Å². The van der Waals surface area contributed by atoms with Crippen LogP contribution >= 0.6 is 35.0 Å². The average molecular weight is 536 g/mol. The number of benzene rings is 3. The van der Waals surface area contributed by atoms with Gasteiger partial charge in [0.05, 0.1) is 21.5 Å². The Kier molecular flexibility index (Phi) is 7.95. The molecule has 1 aliphatic heterocycles. The van der Waals surface area contributed by atoms with Crippen molar-refractivity contribution in [3.63, 3.8) is 0 Å². The summed E-state index contributed by atoms with van der Waals surface area (Å²) in [6.07, 6.45) is 1.51. The number of imide groups is 1. The molecule has 1 saturated heterocycles. The minimum Gasteiger partial charge on any atom is -0.492 e. The molecule has 0 saturated carbocycles. The monoisotopic (exact) mass is 535 g/mol. The van der Waals surface area contributed by atoms with E-state index in [4.69, 9.17) is 32.7 Å². The first-order valence-corrected chi connectivity index (χ1v) is 11.9. The van der Waals surface area contributed by atoms with Crippen molar-refractivity contribution in [2.75, 3.05) is 13.2 Å². The average Bonchev–Trinajstić information content (AvgIpc) is 3.07. The van der Waals surface area contributed by atoms with Crippen molar-refractivity contribution in [3.05, 3.63) is 98.4 Å². The fourth-order valence-corrected chi connectivity index (χ4v) is 4.69. The van der Waals surface area contributed by atoms with Crippen molar-refractivity contribution < 1.29 is 27.8 Å². The van der Waals surface area contributed by atoms with Gasteiger partial charge in [-0.15, -0.1) is 0 Å². The van der Waals surface area contributed by atoms with Crippen LogP contribution in [0.25, 0.3) is 6.08 Å². The highest BCUT2D eigenvalue weighted by atomic mass is 35.5. The first-order chi connectivity index (χ1) is 16.8. The second kappa shape index (κ2) is 11.1. The van der Waals surface area contributed by atoms with Crippen LogP contribution in [0.3, 0.4) is 0 Å². The summed E-state index contributed by atoms with van der Waals surface area (Å²) in [5.41, 5.74) is 1.12. The molecule has 0 aromatic heterocycles. The molecule has 0 N–H and O–H groups in total. The molecule has 3 aromatic carbocycles. The Morgan fingerprint density at radius 3 is 2.31 bits per heavy atom. The topological polar surface area (TPSA) is 55.8 Å². The third-order valence-corrected chi connectivity index (χ3v) is 6.33. The quantitative estimate of drug-likeness (QED) is 0.291. The van der Waals surface area contributed by atoms with Gasteiger partial charge in [0.25, 0.3) is 11.1 Å². The van der Waals surface area contributed by atoms with E-state index in [1.165, 1.54) is 42.5 Å². The molecular weight excluding hydrogens is 519 g/mol. The lowest BCUT2D eigenvalue weighted by molar-refractivity contribution is -0.123. The molecule has 0 aliphatic carbocycles. The number of rotatable bonds is 8. The van der Waals surface area contributed by atoms with E-state index in [1.54, 1.807) is 24.3 Å². The molecule has 180 valence electrons. The summed E-state index contributed by atoms with van der Waals surface area (Å²) in [7, 11) is 0. The zero-order valence-corrected chi connectivity index (χ0v) is 20.3. The zero-order valence-electron chi connectivity index (χ0n) is 18.0. The van der Waals surface area contributed by atoms with Crippen molar-refractivity contribution in [1.82, 2.24) is 4.90 Å². The molecule has 1 heterocycles. The number of halogens is 4. The Morgan fingerprint density at radius 2 is 1.63 bits per heavy atom. The number of carbonyl (C=O) groups excluding carboxylic acids is 2. The van der Waals surface area contributed by atoms with Gasteiger partial charge in [-0.05, 0) is 77.5 Å². The molecule has 4 rings (SSSR count). The van der Waals surface area contributed by atoms with Gasteiger partial charge in [0.1, 0.15) is 30.6 Å². The van der Waals surface area contributed by atoms with Crippen molar-refractivity contribution in [1.29, 1.82) is 0 Å². The molecule has 0 unspecified atom stereocenters. The van der Waals surface area contributed by atoms with Crippen LogP contribution in [-0.2, 0) is 11.4 Å². The lowest BCUT2D eigenvalue weighted by Crippen LogP contribution is -2.32. The number of hydrogen-bond donors (Lipinski definition) is 0. The van der Waals surface area contributed by atoms with Crippen LogP contribution in [-0.4, -0.2) is 29.2 Å². The van der Waals surface area contributed by atoms with Gasteiger partial charge in [0, 0.05) is 0 Å². The number of carbonyl (C=O) groups is 2. The Bertz CT molecular complexity index is 1280. The molecule has 35 heavy (non-hydrogen) atoms. The van der Waals surface area contributed by atoms with E-state index in [-0.39, 0.29) is 52.1 Å². The first-order valence-electron chi connectivity index (χ1n) is 10.3. The maximum atomic E-state index is 13.4. The highest BCUT2D eigenvalue weighted by Gasteiger charge is 2.34. The van der Waals surface area contributed by atoms with Gasteiger partial charge in [0.2, 0.25) is 0 Å². The smallest absolute Gasteiger partial charge is 0.293 e. The maximum Gasteiger partial charge on any atom is 0.293 e. The third kappa shape index (κ3) is 6.33. The van der Waals surface area contributed by atoms with Crippen molar-refractivity contribution in [3.8, 4) is 11.5 Å². The Hall–Kier alpha value is -3.07. The van der Waals surface area contributed by atoms with Crippen molar-refractivity contribution >= 4 is 52.2 Å². The van der Waals surface area contributed by atoms with E-state index in [0.717, 1.165) is 16.7 Å². The van der Waals surface area contributed by atoms with Crippen LogP contribution in [0.15, 0.2) is 65.6 Å². The Balaban J connectivity index is 1.40. The molecule has 1 aliphatic rings. The predicted molar refractivity (Wildman–Crippen MR) is 132 cm³/mol. The molecule has 1 fully saturated rings. The number of nitrogens with zero attached hydrogens (tertiary/aromatic N) is 1. The van der Waals surface area contributed by atoms with Crippen LogP contribution in [0.2, 0.25) is 10.0 Å². The lowest BCUT2D eigenvalue weighted by atomic mass is 10.2. The normalized spacial score (nSPS) is 14.6. The third-order valence-electron chi connectivity index (χ3n) is 4.86. The molecule has 0 radical (unpaired) electrons. The van der Waals surface area contributed by atoms with Gasteiger partial charge < -0.3 is 9.47 Å². The van der Waals surface area contributed by atoms with E-state index in [1.807, 2.05) is 0 Å². The van der Waals surface area contributed by atoms with E-state index in [0.29, 0.717) is 16.9 Å². The van der Waals surface area contributed by atoms with Gasteiger partial charge in [-0.25, -0.2) is 8.78 Å². The fourth-order valence-electron chi connectivity index (χ4n) is 3.21. The summed E-state index contributed by atoms with van der Waals surface area (Å²) in [6, 6.07) is 14.5. The van der Waals surface area contributed by atoms with E-state index >= 15 is 0 Å². The minimum absolute atomic E-state index is 0.0355. The van der Waals surface area contributed by atoms with Crippen LogP contribution in [0.1, 0.15) is 11.1 Å². The molecular formula is C25H17Cl2F2NO4S. The second-order valence-corrected chi connectivity index (χ2v) is 9.18. The molecule has 2 amide bonds. The maximum absolute atomic E-state index is 13.4. The summed E-state index contributed by atoms with van der Waals surface area (Å²) < 4.78 is 37.5. The first kappa shape index (κ1) is 25.0. The summed E-state index contributed by atoms with van der Waals surface area (Å²) in [6.45, 7) is 0.162. The predicted octanol–water partition coefficient (Wildman–Crippen LogP) is 6.97.